The summed E-state index contributed by atoms with van der Waals surface area (Å²) in [5.74, 6) is 0.369. The predicted octanol–water partition coefficient (Wildman–Crippen LogP) is 1.32. The molecule has 1 amide bonds. The first kappa shape index (κ1) is 12.0. The Balaban J connectivity index is 1.99. The highest BCUT2D eigenvalue weighted by molar-refractivity contribution is 5.92. The molecular formula is C12H18N4O. The van der Waals surface area contributed by atoms with Crippen LogP contribution in [0.3, 0.4) is 0 Å². The normalized spacial score (nSPS) is 25.0. The van der Waals surface area contributed by atoms with Gasteiger partial charge in [-0.15, -0.1) is 0 Å². The SMILES string of the molecule is NC1CCCCCC1C(=O)Nc1cnccn1. The Hall–Kier alpha value is -1.49. The maximum atomic E-state index is 12.1. The fourth-order valence-corrected chi connectivity index (χ4v) is 2.24. The van der Waals surface area contributed by atoms with Gasteiger partial charge < -0.3 is 11.1 Å². The summed E-state index contributed by atoms with van der Waals surface area (Å²) in [6.45, 7) is 0. The van der Waals surface area contributed by atoms with E-state index in [1.165, 1.54) is 6.42 Å². The molecule has 1 aromatic rings. The van der Waals surface area contributed by atoms with Gasteiger partial charge in [0.05, 0.1) is 12.1 Å². The average Bonchev–Trinajstić information content (AvgIpc) is 2.55. The van der Waals surface area contributed by atoms with Gasteiger partial charge in [-0.1, -0.05) is 19.3 Å². The first-order chi connectivity index (χ1) is 8.27. The molecule has 2 unspecified atom stereocenters. The molecule has 1 aliphatic rings. The topological polar surface area (TPSA) is 80.9 Å². The largest absolute Gasteiger partial charge is 0.327 e. The lowest BCUT2D eigenvalue weighted by Gasteiger charge is -2.19. The zero-order valence-corrected chi connectivity index (χ0v) is 9.80. The van der Waals surface area contributed by atoms with E-state index in [1.807, 2.05) is 0 Å². The number of carbonyl (C=O) groups excluding carboxylic acids is 1. The number of amides is 1. The van der Waals surface area contributed by atoms with Gasteiger partial charge in [-0.05, 0) is 12.8 Å². The molecule has 0 bridgehead atoms. The van der Waals surface area contributed by atoms with Crippen LogP contribution in [0.1, 0.15) is 32.1 Å². The summed E-state index contributed by atoms with van der Waals surface area (Å²) in [6.07, 6.45) is 9.84. The molecule has 0 spiro atoms. The number of anilines is 1. The van der Waals surface area contributed by atoms with Gasteiger partial charge in [-0.2, -0.15) is 0 Å². The minimum Gasteiger partial charge on any atom is -0.327 e. The minimum atomic E-state index is -0.0977. The first-order valence-electron chi connectivity index (χ1n) is 6.10. The van der Waals surface area contributed by atoms with E-state index in [0.717, 1.165) is 25.7 Å². The summed E-state index contributed by atoms with van der Waals surface area (Å²) in [4.78, 5) is 20.0. The van der Waals surface area contributed by atoms with E-state index in [0.29, 0.717) is 5.82 Å². The molecular weight excluding hydrogens is 216 g/mol. The molecule has 17 heavy (non-hydrogen) atoms. The fourth-order valence-electron chi connectivity index (χ4n) is 2.24. The standard InChI is InChI=1S/C12H18N4O/c13-10-5-3-1-2-4-9(10)12(17)16-11-8-14-6-7-15-11/h6-10H,1-5,13H2,(H,15,16,17). The van der Waals surface area contributed by atoms with Crippen molar-refractivity contribution < 1.29 is 4.79 Å². The number of nitrogens with zero attached hydrogens (tertiary/aromatic N) is 2. The van der Waals surface area contributed by atoms with Gasteiger partial charge in [0.1, 0.15) is 0 Å². The molecule has 2 rings (SSSR count). The summed E-state index contributed by atoms with van der Waals surface area (Å²) in [5.41, 5.74) is 6.04. The van der Waals surface area contributed by atoms with Crippen molar-refractivity contribution in [1.82, 2.24) is 9.97 Å². The lowest BCUT2D eigenvalue weighted by molar-refractivity contribution is -0.120. The van der Waals surface area contributed by atoms with Crippen LogP contribution in [0, 0.1) is 5.92 Å². The third-order valence-corrected chi connectivity index (χ3v) is 3.22. The Morgan fingerprint density at radius 2 is 2.12 bits per heavy atom. The van der Waals surface area contributed by atoms with Crippen molar-refractivity contribution >= 4 is 11.7 Å². The van der Waals surface area contributed by atoms with Gasteiger partial charge in [0.25, 0.3) is 0 Å². The number of nitrogens with one attached hydrogen (secondary N) is 1. The predicted molar refractivity (Wildman–Crippen MR) is 65.2 cm³/mol. The number of rotatable bonds is 2. The van der Waals surface area contributed by atoms with E-state index in [-0.39, 0.29) is 17.9 Å². The maximum absolute atomic E-state index is 12.1. The van der Waals surface area contributed by atoms with Crippen molar-refractivity contribution in [3.8, 4) is 0 Å². The quantitative estimate of drug-likeness (QED) is 0.756. The highest BCUT2D eigenvalue weighted by Crippen LogP contribution is 2.23. The van der Waals surface area contributed by atoms with E-state index < -0.39 is 0 Å². The molecule has 0 aromatic carbocycles. The Kier molecular flexibility index (Phi) is 4.03. The van der Waals surface area contributed by atoms with Crippen molar-refractivity contribution in [2.75, 3.05) is 5.32 Å². The lowest BCUT2D eigenvalue weighted by Crippen LogP contribution is -2.37. The van der Waals surface area contributed by atoms with Gasteiger partial charge >= 0.3 is 0 Å². The van der Waals surface area contributed by atoms with Crippen molar-refractivity contribution in [3.05, 3.63) is 18.6 Å². The van der Waals surface area contributed by atoms with E-state index >= 15 is 0 Å². The molecule has 3 N–H and O–H groups in total. The van der Waals surface area contributed by atoms with Crippen molar-refractivity contribution in [3.63, 3.8) is 0 Å². The lowest BCUT2D eigenvalue weighted by atomic mass is 9.95. The van der Waals surface area contributed by atoms with Crippen LogP contribution >= 0.6 is 0 Å². The van der Waals surface area contributed by atoms with Crippen LogP contribution in [-0.4, -0.2) is 21.9 Å². The molecule has 5 nitrogen and oxygen atoms in total. The number of nitrogens with two attached hydrogens (primary N) is 1. The van der Waals surface area contributed by atoms with Crippen LogP contribution in [0.4, 0.5) is 5.82 Å². The highest BCUT2D eigenvalue weighted by atomic mass is 16.2. The highest BCUT2D eigenvalue weighted by Gasteiger charge is 2.27. The maximum Gasteiger partial charge on any atom is 0.230 e. The molecule has 5 heteroatoms. The molecule has 92 valence electrons. The number of hydrogen-bond acceptors (Lipinski definition) is 4. The Bertz CT molecular complexity index is 368. The fraction of sp³-hybridized carbons (Fsp3) is 0.583. The van der Waals surface area contributed by atoms with Crippen LogP contribution in [0.25, 0.3) is 0 Å². The van der Waals surface area contributed by atoms with Crippen LogP contribution in [0.15, 0.2) is 18.6 Å². The van der Waals surface area contributed by atoms with E-state index in [1.54, 1.807) is 18.6 Å². The first-order valence-corrected chi connectivity index (χ1v) is 6.10. The smallest absolute Gasteiger partial charge is 0.230 e. The summed E-state index contributed by atoms with van der Waals surface area (Å²) < 4.78 is 0. The second-order valence-electron chi connectivity index (χ2n) is 4.49. The van der Waals surface area contributed by atoms with Gasteiger partial charge in [-0.25, -0.2) is 4.98 Å². The summed E-state index contributed by atoms with van der Waals surface area (Å²) >= 11 is 0. The third-order valence-electron chi connectivity index (χ3n) is 3.22. The van der Waals surface area contributed by atoms with E-state index in [9.17, 15) is 4.79 Å². The number of aromatic nitrogens is 2. The van der Waals surface area contributed by atoms with Crippen LogP contribution in [0.2, 0.25) is 0 Å². The van der Waals surface area contributed by atoms with Crippen molar-refractivity contribution in [2.24, 2.45) is 11.7 Å². The van der Waals surface area contributed by atoms with Gasteiger partial charge in [0, 0.05) is 18.4 Å². The molecule has 0 saturated heterocycles. The van der Waals surface area contributed by atoms with Crippen LogP contribution < -0.4 is 11.1 Å². The van der Waals surface area contributed by atoms with Gasteiger partial charge in [-0.3, -0.25) is 9.78 Å². The molecule has 1 saturated carbocycles. The van der Waals surface area contributed by atoms with Gasteiger partial charge in [0.2, 0.25) is 5.91 Å². The monoisotopic (exact) mass is 234 g/mol. The van der Waals surface area contributed by atoms with E-state index in [4.69, 9.17) is 5.73 Å². The molecule has 1 aromatic heterocycles. The van der Waals surface area contributed by atoms with Gasteiger partial charge in [0.15, 0.2) is 5.82 Å². The summed E-state index contributed by atoms with van der Waals surface area (Å²) in [6, 6.07) is -0.0332. The van der Waals surface area contributed by atoms with Crippen molar-refractivity contribution in [2.45, 2.75) is 38.1 Å². The summed E-state index contributed by atoms with van der Waals surface area (Å²) in [7, 11) is 0. The van der Waals surface area contributed by atoms with Crippen LogP contribution in [0.5, 0.6) is 0 Å². The molecule has 1 fully saturated rings. The summed E-state index contributed by atoms with van der Waals surface area (Å²) in [5, 5.41) is 2.78. The second-order valence-corrected chi connectivity index (χ2v) is 4.49. The Labute approximate surface area is 101 Å². The Morgan fingerprint density at radius 3 is 2.88 bits per heavy atom. The molecule has 0 radical (unpaired) electrons. The zero-order valence-electron chi connectivity index (χ0n) is 9.80. The zero-order chi connectivity index (χ0) is 12.1. The molecule has 1 aliphatic carbocycles. The average molecular weight is 234 g/mol. The molecule has 2 atom stereocenters. The van der Waals surface area contributed by atoms with E-state index in [2.05, 4.69) is 15.3 Å². The molecule has 0 aliphatic heterocycles. The number of hydrogen-bond donors (Lipinski definition) is 2. The third kappa shape index (κ3) is 3.23. The molecule has 1 heterocycles. The Morgan fingerprint density at radius 1 is 1.29 bits per heavy atom. The van der Waals surface area contributed by atoms with Crippen molar-refractivity contribution in [1.29, 1.82) is 0 Å². The second kappa shape index (κ2) is 5.72. The van der Waals surface area contributed by atoms with Crippen LogP contribution in [-0.2, 0) is 4.79 Å². The minimum absolute atomic E-state index is 0.0279. The number of carbonyl (C=O) groups is 1.